The second kappa shape index (κ2) is 14.1. The van der Waals surface area contributed by atoms with Gasteiger partial charge < -0.3 is 15.4 Å². The number of amides is 2. The number of rotatable bonds is 12. The van der Waals surface area contributed by atoms with Crippen molar-refractivity contribution < 1.29 is 14.3 Å². The topological polar surface area (TPSA) is 70.7 Å². The molecule has 29 heavy (non-hydrogen) atoms. The number of carbonyl (C=O) groups excluding carboxylic acids is 2. The van der Waals surface area contributed by atoms with Gasteiger partial charge in [-0.2, -0.15) is 0 Å². The predicted molar refractivity (Wildman–Crippen MR) is 117 cm³/mol. The number of anilines is 1. The van der Waals surface area contributed by atoms with Crippen molar-refractivity contribution in [1.82, 2.24) is 10.2 Å². The van der Waals surface area contributed by atoms with Gasteiger partial charge in [-0.15, -0.1) is 0 Å². The first-order valence-electron chi connectivity index (χ1n) is 11.2. The quantitative estimate of drug-likeness (QED) is 0.415. The van der Waals surface area contributed by atoms with Crippen LogP contribution in [0.2, 0.25) is 0 Å². The number of hydrogen-bond acceptors (Lipinski definition) is 4. The summed E-state index contributed by atoms with van der Waals surface area (Å²) < 4.78 is 5.37. The monoisotopic (exact) mass is 403 g/mol. The van der Waals surface area contributed by atoms with E-state index in [1.54, 1.807) is 0 Å². The van der Waals surface area contributed by atoms with Crippen LogP contribution in [-0.2, 0) is 20.7 Å². The lowest BCUT2D eigenvalue weighted by molar-refractivity contribution is -0.136. The highest BCUT2D eigenvalue weighted by molar-refractivity contribution is 6.39. The molecule has 6 heteroatoms. The highest BCUT2D eigenvalue weighted by Crippen LogP contribution is 2.12. The lowest BCUT2D eigenvalue weighted by Gasteiger charge is -2.26. The van der Waals surface area contributed by atoms with Gasteiger partial charge in [0.25, 0.3) is 0 Å². The summed E-state index contributed by atoms with van der Waals surface area (Å²) in [7, 11) is 0. The molecule has 0 aromatic heterocycles. The Labute approximate surface area is 175 Å². The molecule has 1 fully saturated rings. The first-order valence-corrected chi connectivity index (χ1v) is 11.2. The van der Waals surface area contributed by atoms with E-state index in [1.165, 1.54) is 31.2 Å². The molecule has 0 atom stereocenters. The number of nitrogens with zero attached hydrogens (tertiary/aromatic N) is 1. The van der Waals surface area contributed by atoms with Crippen LogP contribution >= 0.6 is 0 Å². The zero-order valence-electron chi connectivity index (χ0n) is 17.9. The molecule has 2 rings (SSSR count). The van der Waals surface area contributed by atoms with Gasteiger partial charge in [0.1, 0.15) is 0 Å². The van der Waals surface area contributed by atoms with Gasteiger partial charge in [0.15, 0.2) is 0 Å². The zero-order valence-corrected chi connectivity index (χ0v) is 17.9. The van der Waals surface area contributed by atoms with Crippen LogP contribution in [0.3, 0.4) is 0 Å². The van der Waals surface area contributed by atoms with Gasteiger partial charge in [-0.05, 0) is 43.5 Å². The van der Waals surface area contributed by atoms with Gasteiger partial charge in [0.2, 0.25) is 0 Å². The van der Waals surface area contributed by atoms with Crippen molar-refractivity contribution in [2.24, 2.45) is 0 Å². The van der Waals surface area contributed by atoms with Gasteiger partial charge in [0.05, 0.1) is 13.2 Å². The summed E-state index contributed by atoms with van der Waals surface area (Å²) in [5.41, 5.74) is 1.89. The Morgan fingerprint density at radius 2 is 1.62 bits per heavy atom. The fourth-order valence-electron chi connectivity index (χ4n) is 3.46. The summed E-state index contributed by atoms with van der Waals surface area (Å²) in [6, 6.07) is 7.76. The number of carbonyl (C=O) groups is 2. The molecule has 0 spiro atoms. The summed E-state index contributed by atoms with van der Waals surface area (Å²) in [6.45, 7) is 7.54. The van der Waals surface area contributed by atoms with Crippen molar-refractivity contribution in [3.8, 4) is 0 Å². The minimum atomic E-state index is -0.601. The molecular formula is C23H37N3O3. The van der Waals surface area contributed by atoms with E-state index in [0.717, 1.165) is 58.5 Å². The van der Waals surface area contributed by atoms with Crippen LogP contribution in [0, 0.1) is 0 Å². The third kappa shape index (κ3) is 9.90. The highest BCUT2D eigenvalue weighted by Gasteiger charge is 2.13. The third-order valence-electron chi connectivity index (χ3n) is 5.28. The van der Waals surface area contributed by atoms with Crippen LogP contribution in [0.25, 0.3) is 0 Å². The molecule has 1 aliphatic rings. The lowest BCUT2D eigenvalue weighted by atomic mass is 10.1. The van der Waals surface area contributed by atoms with E-state index in [2.05, 4.69) is 22.5 Å². The second-order valence-electron chi connectivity index (χ2n) is 7.73. The zero-order chi connectivity index (χ0) is 20.7. The first-order chi connectivity index (χ1) is 14.2. The standard InChI is InChI=1S/C23H37N3O3/c1-2-3-4-5-6-7-14-24-22(27)23(28)25-21-12-10-20(11-13-21)9-8-15-26-16-18-29-19-17-26/h10-13H,2-9,14-19H2,1H3,(H,24,27)(H,25,28). The maximum Gasteiger partial charge on any atom is 0.313 e. The van der Waals surface area contributed by atoms with E-state index in [0.29, 0.717) is 12.2 Å². The molecular weight excluding hydrogens is 366 g/mol. The highest BCUT2D eigenvalue weighted by atomic mass is 16.5. The van der Waals surface area contributed by atoms with Gasteiger partial charge in [-0.25, -0.2) is 0 Å². The number of unbranched alkanes of at least 4 members (excludes halogenated alkanes) is 5. The van der Waals surface area contributed by atoms with Crippen molar-refractivity contribution in [3.63, 3.8) is 0 Å². The molecule has 1 heterocycles. The summed E-state index contributed by atoms with van der Waals surface area (Å²) in [5, 5.41) is 5.37. The molecule has 0 saturated carbocycles. The summed E-state index contributed by atoms with van der Waals surface area (Å²) >= 11 is 0. The minimum absolute atomic E-state index is 0.556. The second-order valence-corrected chi connectivity index (χ2v) is 7.73. The molecule has 0 bridgehead atoms. The van der Waals surface area contributed by atoms with Crippen LogP contribution in [0.15, 0.2) is 24.3 Å². The van der Waals surface area contributed by atoms with E-state index < -0.39 is 11.8 Å². The summed E-state index contributed by atoms with van der Waals surface area (Å²) in [5.74, 6) is -1.16. The van der Waals surface area contributed by atoms with E-state index in [9.17, 15) is 9.59 Å². The maximum atomic E-state index is 12.0. The fraction of sp³-hybridized carbons (Fsp3) is 0.652. The van der Waals surface area contributed by atoms with E-state index in [4.69, 9.17) is 4.74 Å². The van der Waals surface area contributed by atoms with Crippen LogP contribution in [0.1, 0.15) is 57.4 Å². The molecule has 0 unspecified atom stereocenters. The van der Waals surface area contributed by atoms with Crippen LogP contribution < -0.4 is 10.6 Å². The average Bonchev–Trinajstić information content (AvgIpc) is 2.75. The Morgan fingerprint density at radius 1 is 0.931 bits per heavy atom. The number of hydrogen-bond donors (Lipinski definition) is 2. The fourth-order valence-corrected chi connectivity index (χ4v) is 3.46. The number of ether oxygens (including phenoxy) is 1. The van der Waals surface area contributed by atoms with Crippen molar-refractivity contribution in [2.45, 2.75) is 58.3 Å². The average molecular weight is 404 g/mol. The number of nitrogens with one attached hydrogen (secondary N) is 2. The Balaban J connectivity index is 1.59. The molecule has 2 amide bonds. The molecule has 0 aliphatic carbocycles. The SMILES string of the molecule is CCCCCCCCNC(=O)C(=O)Nc1ccc(CCCN2CCOCC2)cc1. The van der Waals surface area contributed by atoms with Gasteiger partial charge in [-0.3, -0.25) is 14.5 Å². The molecule has 6 nitrogen and oxygen atoms in total. The third-order valence-corrected chi connectivity index (χ3v) is 5.28. The van der Waals surface area contributed by atoms with E-state index in [-0.39, 0.29) is 0 Å². The lowest BCUT2D eigenvalue weighted by Crippen LogP contribution is -2.36. The van der Waals surface area contributed by atoms with Crippen LogP contribution in [-0.4, -0.2) is 56.1 Å². The van der Waals surface area contributed by atoms with Gasteiger partial charge >= 0.3 is 11.8 Å². The number of morpholine rings is 1. The Hall–Kier alpha value is -1.92. The van der Waals surface area contributed by atoms with Crippen molar-refractivity contribution in [3.05, 3.63) is 29.8 Å². The van der Waals surface area contributed by atoms with E-state index >= 15 is 0 Å². The Bertz CT molecular complexity index is 598. The van der Waals surface area contributed by atoms with Gasteiger partial charge in [0, 0.05) is 25.3 Å². The molecule has 162 valence electrons. The maximum absolute atomic E-state index is 12.0. The van der Waals surface area contributed by atoms with Crippen LogP contribution in [0.4, 0.5) is 5.69 Å². The largest absolute Gasteiger partial charge is 0.379 e. The van der Waals surface area contributed by atoms with Gasteiger partial charge in [-0.1, -0.05) is 51.2 Å². The smallest absolute Gasteiger partial charge is 0.313 e. The summed E-state index contributed by atoms with van der Waals surface area (Å²) in [4.78, 5) is 26.3. The number of aryl methyl sites for hydroxylation is 1. The van der Waals surface area contributed by atoms with Crippen molar-refractivity contribution in [2.75, 3.05) is 44.7 Å². The Morgan fingerprint density at radius 3 is 2.34 bits per heavy atom. The molecule has 1 aliphatic heterocycles. The van der Waals surface area contributed by atoms with Crippen LogP contribution in [0.5, 0.6) is 0 Å². The molecule has 0 radical (unpaired) electrons. The Kier molecular flexibility index (Phi) is 11.4. The molecule has 1 aromatic carbocycles. The molecule has 2 N–H and O–H groups in total. The van der Waals surface area contributed by atoms with E-state index in [1.807, 2.05) is 24.3 Å². The predicted octanol–water partition coefficient (Wildman–Crippen LogP) is 3.37. The molecule has 1 saturated heterocycles. The molecule has 1 aromatic rings. The van der Waals surface area contributed by atoms with Crippen molar-refractivity contribution >= 4 is 17.5 Å². The minimum Gasteiger partial charge on any atom is -0.379 e. The van der Waals surface area contributed by atoms with Crippen molar-refractivity contribution in [1.29, 1.82) is 0 Å². The first kappa shape index (κ1) is 23.4. The number of benzene rings is 1. The normalized spacial score (nSPS) is 14.5. The summed E-state index contributed by atoms with van der Waals surface area (Å²) in [6.07, 6.45) is 9.05.